The third kappa shape index (κ3) is 4.07. The normalized spacial score (nSPS) is 20.0. The minimum atomic E-state index is 0.347. The number of likely N-dealkylation sites (tertiary alicyclic amines) is 1. The zero-order valence-electron chi connectivity index (χ0n) is 15.7. The molecule has 1 aliphatic rings. The van der Waals surface area contributed by atoms with Gasteiger partial charge in [-0.15, -0.1) is 0 Å². The quantitative estimate of drug-likeness (QED) is 0.890. The van der Waals surface area contributed by atoms with E-state index in [0.717, 1.165) is 29.9 Å². The molecule has 0 bridgehead atoms. The molecule has 2 aromatic rings. The summed E-state index contributed by atoms with van der Waals surface area (Å²) in [6, 6.07) is 4.71. The number of nitrogens with one attached hydrogen (secondary N) is 2. The number of hydrogen-bond donors (Lipinski definition) is 2. The van der Waals surface area contributed by atoms with Crippen LogP contribution >= 0.6 is 0 Å². The van der Waals surface area contributed by atoms with Crippen molar-refractivity contribution in [3.8, 4) is 0 Å². The molecule has 0 aromatic carbocycles. The number of anilines is 1. The first-order valence-electron chi connectivity index (χ1n) is 9.16. The van der Waals surface area contributed by atoms with Crippen LogP contribution in [0.3, 0.4) is 0 Å². The molecule has 1 aliphatic heterocycles. The Bertz CT molecular complexity index is 683. The van der Waals surface area contributed by atoms with Crippen molar-refractivity contribution in [3.05, 3.63) is 17.8 Å². The monoisotopic (exact) mass is 329 g/mol. The fourth-order valence-electron chi connectivity index (χ4n) is 3.64. The van der Waals surface area contributed by atoms with Crippen molar-refractivity contribution >= 4 is 16.9 Å². The Balaban J connectivity index is 1.77. The van der Waals surface area contributed by atoms with Crippen LogP contribution in [0.5, 0.6) is 0 Å². The van der Waals surface area contributed by atoms with Crippen LogP contribution < -0.4 is 5.32 Å². The number of pyridine rings is 1. The van der Waals surface area contributed by atoms with Crippen LogP contribution in [0.2, 0.25) is 0 Å². The predicted molar refractivity (Wildman–Crippen MR) is 101 cm³/mol. The Morgan fingerprint density at radius 3 is 2.83 bits per heavy atom. The maximum Gasteiger partial charge on any atom is 0.157 e. The molecule has 0 radical (unpaired) electrons. The number of H-pyrrole nitrogens is 1. The molecular formula is C19H31N5. The van der Waals surface area contributed by atoms with Gasteiger partial charge in [0.25, 0.3) is 0 Å². The van der Waals surface area contributed by atoms with Crippen LogP contribution in [0, 0.1) is 5.41 Å². The van der Waals surface area contributed by atoms with Crippen molar-refractivity contribution in [1.29, 1.82) is 0 Å². The Kier molecular flexibility index (Phi) is 4.81. The zero-order valence-corrected chi connectivity index (χ0v) is 15.7. The molecule has 5 heteroatoms. The summed E-state index contributed by atoms with van der Waals surface area (Å²) in [6.07, 6.45) is 2.48. The molecule has 0 unspecified atom stereocenters. The summed E-state index contributed by atoms with van der Waals surface area (Å²) in [5.41, 5.74) is 2.43. The van der Waals surface area contributed by atoms with E-state index in [1.807, 2.05) is 0 Å². The summed E-state index contributed by atoms with van der Waals surface area (Å²) < 4.78 is 0. The van der Waals surface area contributed by atoms with Crippen LogP contribution in [-0.4, -0.2) is 45.8 Å². The third-order valence-electron chi connectivity index (χ3n) is 4.49. The molecule has 2 aromatic heterocycles. The minimum Gasteiger partial charge on any atom is -0.366 e. The Morgan fingerprint density at radius 2 is 2.12 bits per heavy atom. The SMILES string of the molecule is CC(C)Nc1n[nH]c2nc([C@@H]3CCCN(CC(C)(C)C)C3)ccc12. The van der Waals surface area contributed by atoms with Crippen molar-refractivity contribution in [2.75, 3.05) is 25.0 Å². The standard InChI is InChI=1S/C19H31N5/c1-13(2)20-17-15-8-9-16(21-18(15)23-22-17)14-7-6-10-24(11-14)12-19(3,4)5/h8-9,13-14H,6-7,10-12H2,1-5H3,(H2,20,21,22,23)/t14-/m1/s1. The summed E-state index contributed by atoms with van der Waals surface area (Å²) in [4.78, 5) is 7.47. The Morgan fingerprint density at radius 1 is 1.33 bits per heavy atom. The number of fused-ring (bicyclic) bond motifs is 1. The molecule has 1 fully saturated rings. The molecule has 1 atom stereocenters. The van der Waals surface area contributed by atoms with Gasteiger partial charge in [0, 0.05) is 30.7 Å². The maximum absolute atomic E-state index is 4.87. The van der Waals surface area contributed by atoms with Gasteiger partial charge in [-0.2, -0.15) is 5.10 Å². The van der Waals surface area contributed by atoms with E-state index in [-0.39, 0.29) is 0 Å². The van der Waals surface area contributed by atoms with E-state index < -0.39 is 0 Å². The Labute approximate surface area is 145 Å². The highest BCUT2D eigenvalue weighted by Crippen LogP contribution is 2.30. The molecule has 0 spiro atoms. The first-order valence-corrected chi connectivity index (χ1v) is 9.16. The minimum absolute atomic E-state index is 0.347. The second-order valence-electron chi connectivity index (χ2n) is 8.64. The van der Waals surface area contributed by atoms with E-state index in [1.54, 1.807) is 0 Å². The van der Waals surface area contributed by atoms with Gasteiger partial charge in [0.05, 0.1) is 5.39 Å². The van der Waals surface area contributed by atoms with Crippen LogP contribution in [0.1, 0.15) is 59.1 Å². The molecule has 3 rings (SSSR count). The van der Waals surface area contributed by atoms with Gasteiger partial charge in [-0.25, -0.2) is 4.98 Å². The van der Waals surface area contributed by atoms with Crippen LogP contribution in [0.25, 0.3) is 11.0 Å². The lowest BCUT2D eigenvalue weighted by molar-refractivity contribution is 0.150. The molecule has 0 saturated carbocycles. The van der Waals surface area contributed by atoms with Crippen LogP contribution in [0.4, 0.5) is 5.82 Å². The van der Waals surface area contributed by atoms with Crippen molar-refractivity contribution in [2.24, 2.45) is 5.41 Å². The van der Waals surface area contributed by atoms with Crippen LogP contribution in [0.15, 0.2) is 12.1 Å². The highest BCUT2D eigenvalue weighted by Gasteiger charge is 2.25. The lowest BCUT2D eigenvalue weighted by Gasteiger charge is -2.36. The number of aromatic nitrogens is 3. The molecule has 0 aliphatic carbocycles. The van der Waals surface area contributed by atoms with Crippen molar-refractivity contribution < 1.29 is 0 Å². The maximum atomic E-state index is 4.87. The highest BCUT2D eigenvalue weighted by atomic mass is 15.2. The van der Waals surface area contributed by atoms with Crippen molar-refractivity contribution in [2.45, 2.75) is 59.4 Å². The lowest BCUT2D eigenvalue weighted by atomic mass is 9.90. The molecule has 2 N–H and O–H groups in total. The van der Waals surface area contributed by atoms with Gasteiger partial charge in [0.1, 0.15) is 0 Å². The van der Waals surface area contributed by atoms with E-state index >= 15 is 0 Å². The first-order chi connectivity index (χ1) is 11.3. The van der Waals surface area contributed by atoms with Crippen LogP contribution in [-0.2, 0) is 0 Å². The van der Waals surface area contributed by atoms with Gasteiger partial charge < -0.3 is 10.2 Å². The molecule has 1 saturated heterocycles. The molecular weight excluding hydrogens is 298 g/mol. The molecule has 24 heavy (non-hydrogen) atoms. The van der Waals surface area contributed by atoms with Gasteiger partial charge in [0.2, 0.25) is 0 Å². The molecule has 132 valence electrons. The van der Waals surface area contributed by atoms with E-state index in [9.17, 15) is 0 Å². The zero-order chi connectivity index (χ0) is 17.3. The fourth-order valence-corrected chi connectivity index (χ4v) is 3.64. The summed E-state index contributed by atoms with van der Waals surface area (Å²) in [5, 5.41) is 11.9. The van der Waals surface area contributed by atoms with Gasteiger partial charge in [-0.05, 0) is 50.8 Å². The third-order valence-corrected chi connectivity index (χ3v) is 4.49. The van der Waals surface area contributed by atoms with Gasteiger partial charge in [-0.3, -0.25) is 5.10 Å². The first kappa shape index (κ1) is 17.2. The summed E-state index contributed by atoms with van der Waals surface area (Å²) >= 11 is 0. The van der Waals surface area contributed by atoms with Gasteiger partial charge in [-0.1, -0.05) is 20.8 Å². The molecule has 0 amide bonds. The fraction of sp³-hybridized carbons (Fsp3) is 0.684. The molecule has 3 heterocycles. The summed E-state index contributed by atoms with van der Waals surface area (Å²) in [7, 11) is 0. The predicted octanol–water partition coefficient (Wildman–Crippen LogP) is 4.00. The van der Waals surface area contributed by atoms with E-state index in [0.29, 0.717) is 17.4 Å². The number of aromatic amines is 1. The number of piperidine rings is 1. The second-order valence-corrected chi connectivity index (χ2v) is 8.64. The topological polar surface area (TPSA) is 56.8 Å². The number of hydrogen-bond acceptors (Lipinski definition) is 4. The number of rotatable bonds is 4. The largest absolute Gasteiger partial charge is 0.366 e. The molecule has 5 nitrogen and oxygen atoms in total. The summed E-state index contributed by atoms with van der Waals surface area (Å²) in [6.45, 7) is 14.7. The van der Waals surface area contributed by atoms with E-state index in [1.165, 1.54) is 25.1 Å². The van der Waals surface area contributed by atoms with Gasteiger partial charge >= 0.3 is 0 Å². The number of nitrogens with zero attached hydrogens (tertiary/aromatic N) is 3. The second kappa shape index (κ2) is 6.71. The van der Waals surface area contributed by atoms with Crippen molar-refractivity contribution in [1.82, 2.24) is 20.1 Å². The highest BCUT2D eigenvalue weighted by molar-refractivity contribution is 5.87. The average Bonchev–Trinajstić information content (AvgIpc) is 2.87. The van der Waals surface area contributed by atoms with Gasteiger partial charge in [0.15, 0.2) is 11.5 Å². The smallest absolute Gasteiger partial charge is 0.157 e. The lowest BCUT2D eigenvalue weighted by Crippen LogP contribution is -2.39. The average molecular weight is 329 g/mol. The Hall–Kier alpha value is -1.62. The summed E-state index contributed by atoms with van der Waals surface area (Å²) in [5.74, 6) is 1.42. The van der Waals surface area contributed by atoms with Crippen molar-refractivity contribution in [3.63, 3.8) is 0 Å². The van der Waals surface area contributed by atoms with E-state index in [4.69, 9.17) is 4.98 Å². The van der Waals surface area contributed by atoms with E-state index in [2.05, 4.69) is 67.2 Å².